The fraction of sp³-hybridized carbons (Fsp3) is 0.667. The first-order chi connectivity index (χ1) is 7.19. The lowest BCUT2D eigenvalue weighted by molar-refractivity contribution is 0.461. The number of aryl methyl sites for hydroxylation is 2. The number of hydrazine groups is 1. The minimum atomic E-state index is 0.231. The van der Waals surface area contributed by atoms with Gasteiger partial charge in [0.05, 0.1) is 0 Å². The van der Waals surface area contributed by atoms with E-state index < -0.39 is 0 Å². The molecule has 0 saturated carbocycles. The molecule has 3 nitrogen and oxygen atoms in total. The Labute approximate surface area is 92.0 Å². The SMILES string of the molecule is CCCCCC(NN)c1cc(C)oc1C. The van der Waals surface area contributed by atoms with Crippen LogP contribution in [0.1, 0.15) is 55.7 Å². The molecule has 86 valence electrons. The molecule has 0 amide bonds. The first-order valence-corrected chi connectivity index (χ1v) is 5.72. The molecule has 15 heavy (non-hydrogen) atoms. The van der Waals surface area contributed by atoms with Crippen molar-refractivity contribution < 1.29 is 4.42 Å². The van der Waals surface area contributed by atoms with Crippen LogP contribution in [0.4, 0.5) is 0 Å². The third-order valence-electron chi connectivity index (χ3n) is 2.75. The van der Waals surface area contributed by atoms with E-state index in [1.807, 2.05) is 13.8 Å². The molecule has 1 rings (SSSR count). The molecule has 3 N–H and O–H groups in total. The maximum atomic E-state index is 5.57. The number of hydrogen-bond donors (Lipinski definition) is 2. The summed E-state index contributed by atoms with van der Waals surface area (Å²) < 4.78 is 5.51. The summed E-state index contributed by atoms with van der Waals surface area (Å²) in [6, 6.07) is 2.31. The molecule has 0 spiro atoms. The molecular formula is C12H22N2O. The van der Waals surface area contributed by atoms with E-state index in [2.05, 4.69) is 18.4 Å². The van der Waals surface area contributed by atoms with E-state index in [9.17, 15) is 0 Å². The summed E-state index contributed by atoms with van der Waals surface area (Å²) in [5, 5.41) is 0. The second kappa shape index (κ2) is 5.93. The predicted molar refractivity (Wildman–Crippen MR) is 62.4 cm³/mol. The monoisotopic (exact) mass is 210 g/mol. The van der Waals surface area contributed by atoms with E-state index in [4.69, 9.17) is 10.3 Å². The van der Waals surface area contributed by atoms with Crippen LogP contribution in [0.2, 0.25) is 0 Å². The Kier molecular flexibility index (Phi) is 4.85. The lowest BCUT2D eigenvalue weighted by Crippen LogP contribution is -2.28. The molecule has 1 atom stereocenters. The van der Waals surface area contributed by atoms with E-state index in [0.29, 0.717) is 0 Å². The maximum absolute atomic E-state index is 5.57. The van der Waals surface area contributed by atoms with E-state index in [-0.39, 0.29) is 6.04 Å². The molecule has 0 radical (unpaired) electrons. The summed E-state index contributed by atoms with van der Waals surface area (Å²) in [4.78, 5) is 0. The summed E-state index contributed by atoms with van der Waals surface area (Å²) in [6.07, 6.45) is 4.77. The van der Waals surface area contributed by atoms with Crippen LogP contribution in [0.5, 0.6) is 0 Å². The fourth-order valence-electron chi connectivity index (χ4n) is 1.92. The minimum absolute atomic E-state index is 0.231. The zero-order valence-electron chi connectivity index (χ0n) is 9.97. The van der Waals surface area contributed by atoms with Gasteiger partial charge in [-0.25, -0.2) is 0 Å². The molecule has 1 unspecified atom stereocenters. The minimum Gasteiger partial charge on any atom is -0.466 e. The predicted octanol–water partition coefficient (Wildman–Crippen LogP) is 2.98. The summed E-state index contributed by atoms with van der Waals surface area (Å²) in [5.41, 5.74) is 4.07. The Morgan fingerprint density at radius 2 is 2.13 bits per heavy atom. The van der Waals surface area contributed by atoms with Crippen molar-refractivity contribution >= 4 is 0 Å². The van der Waals surface area contributed by atoms with Crippen LogP contribution < -0.4 is 11.3 Å². The van der Waals surface area contributed by atoms with Gasteiger partial charge in [-0.1, -0.05) is 26.2 Å². The Hall–Kier alpha value is -0.800. The lowest BCUT2D eigenvalue weighted by Gasteiger charge is -2.14. The second-order valence-corrected chi connectivity index (χ2v) is 4.08. The number of hydrogen-bond acceptors (Lipinski definition) is 3. The third kappa shape index (κ3) is 3.36. The molecule has 0 aliphatic carbocycles. The molecule has 0 aliphatic heterocycles. The highest BCUT2D eigenvalue weighted by Crippen LogP contribution is 2.25. The normalized spacial score (nSPS) is 13.1. The van der Waals surface area contributed by atoms with Crippen LogP contribution in [0.3, 0.4) is 0 Å². The number of nitrogens with one attached hydrogen (secondary N) is 1. The Bertz CT molecular complexity index is 294. The molecular weight excluding hydrogens is 188 g/mol. The van der Waals surface area contributed by atoms with Crippen LogP contribution in [0.15, 0.2) is 10.5 Å². The standard InChI is InChI=1S/C12H22N2O/c1-4-5-6-7-12(14-13)11-8-9(2)15-10(11)3/h8,12,14H,4-7,13H2,1-3H3. The van der Waals surface area contributed by atoms with E-state index in [1.54, 1.807) is 0 Å². The average Bonchev–Trinajstić information content (AvgIpc) is 2.53. The van der Waals surface area contributed by atoms with Gasteiger partial charge in [0.25, 0.3) is 0 Å². The highest BCUT2D eigenvalue weighted by molar-refractivity contribution is 5.23. The van der Waals surface area contributed by atoms with E-state index in [1.165, 1.54) is 24.8 Å². The second-order valence-electron chi connectivity index (χ2n) is 4.08. The van der Waals surface area contributed by atoms with Gasteiger partial charge in [-0.05, 0) is 26.3 Å². The summed E-state index contributed by atoms with van der Waals surface area (Å²) >= 11 is 0. The first-order valence-electron chi connectivity index (χ1n) is 5.72. The summed E-state index contributed by atoms with van der Waals surface area (Å²) in [7, 11) is 0. The van der Waals surface area contributed by atoms with E-state index >= 15 is 0 Å². The smallest absolute Gasteiger partial charge is 0.105 e. The van der Waals surface area contributed by atoms with Crippen molar-refractivity contribution in [2.45, 2.75) is 52.5 Å². The van der Waals surface area contributed by atoms with Gasteiger partial charge < -0.3 is 4.42 Å². The zero-order chi connectivity index (χ0) is 11.3. The van der Waals surface area contributed by atoms with Gasteiger partial charge in [0.1, 0.15) is 11.5 Å². The van der Waals surface area contributed by atoms with Crippen molar-refractivity contribution in [3.63, 3.8) is 0 Å². The lowest BCUT2D eigenvalue weighted by atomic mass is 10.0. The van der Waals surface area contributed by atoms with Crippen LogP contribution in [0.25, 0.3) is 0 Å². The van der Waals surface area contributed by atoms with Crippen LogP contribution >= 0.6 is 0 Å². The molecule has 1 aromatic heterocycles. The highest BCUT2D eigenvalue weighted by atomic mass is 16.3. The largest absolute Gasteiger partial charge is 0.466 e. The molecule has 0 saturated heterocycles. The van der Waals surface area contributed by atoms with Gasteiger partial charge in [-0.3, -0.25) is 11.3 Å². The molecule has 1 aromatic rings. The van der Waals surface area contributed by atoms with Crippen molar-refractivity contribution in [3.05, 3.63) is 23.2 Å². The number of unbranched alkanes of at least 4 members (excludes halogenated alkanes) is 2. The fourth-order valence-corrected chi connectivity index (χ4v) is 1.92. The van der Waals surface area contributed by atoms with Gasteiger partial charge in [-0.2, -0.15) is 0 Å². The van der Waals surface area contributed by atoms with Crippen LogP contribution in [-0.2, 0) is 0 Å². The third-order valence-corrected chi connectivity index (χ3v) is 2.75. The highest BCUT2D eigenvalue weighted by Gasteiger charge is 2.15. The summed E-state index contributed by atoms with van der Waals surface area (Å²) in [5.74, 6) is 7.51. The number of rotatable bonds is 6. The zero-order valence-corrected chi connectivity index (χ0v) is 9.97. The van der Waals surface area contributed by atoms with Gasteiger partial charge in [-0.15, -0.1) is 0 Å². The molecule has 0 aliphatic rings. The van der Waals surface area contributed by atoms with Crippen molar-refractivity contribution in [2.75, 3.05) is 0 Å². The first kappa shape index (κ1) is 12.3. The molecule has 0 fully saturated rings. The Morgan fingerprint density at radius 3 is 2.60 bits per heavy atom. The van der Waals surface area contributed by atoms with E-state index in [0.717, 1.165) is 17.9 Å². The van der Waals surface area contributed by atoms with Crippen molar-refractivity contribution in [1.29, 1.82) is 0 Å². The van der Waals surface area contributed by atoms with Crippen molar-refractivity contribution in [2.24, 2.45) is 5.84 Å². The van der Waals surface area contributed by atoms with Gasteiger partial charge >= 0.3 is 0 Å². The summed E-state index contributed by atoms with van der Waals surface area (Å²) in [6.45, 7) is 6.17. The topological polar surface area (TPSA) is 51.2 Å². The van der Waals surface area contributed by atoms with Gasteiger partial charge in [0.15, 0.2) is 0 Å². The number of furan rings is 1. The maximum Gasteiger partial charge on any atom is 0.105 e. The Balaban J connectivity index is 2.61. The molecule has 3 heteroatoms. The number of nitrogens with two attached hydrogens (primary N) is 1. The van der Waals surface area contributed by atoms with Crippen molar-refractivity contribution in [1.82, 2.24) is 5.43 Å². The van der Waals surface area contributed by atoms with Gasteiger partial charge in [0.2, 0.25) is 0 Å². The molecule has 0 bridgehead atoms. The van der Waals surface area contributed by atoms with Crippen LogP contribution in [-0.4, -0.2) is 0 Å². The quantitative estimate of drug-likeness (QED) is 0.431. The molecule has 0 aromatic carbocycles. The van der Waals surface area contributed by atoms with Crippen LogP contribution in [0, 0.1) is 13.8 Å². The molecule has 1 heterocycles. The van der Waals surface area contributed by atoms with Crippen molar-refractivity contribution in [3.8, 4) is 0 Å². The Morgan fingerprint density at radius 1 is 1.40 bits per heavy atom. The van der Waals surface area contributed by atoms with Gasteiger partial charge in [0, 0.05) is 11.6 Å². The average molecular weight is 210 g/mol.